The molecule has 0 aliphatic carbocycles. The fraction of sp³-hybridized carbons (Fsp3) is 0.733. The standard InChI is InChI=1S/C15H27NO2S/c1-4-15(12-17,16-13(2)3)8-6-10-19-11-14-7-5-9-18-14/h5,7,9,13,16-17H,4,6,8,10-12H2,1-3H3. The number of furan rings is 1. The van der Waals surface area contributed by atoms with Gasteiger partial charge in [0.25, 0.3) is 0 Å². The van der Waals surface area contributed by atoms with Crippen molar-refractivity contribution in [1.29, 1.82) is 0 Å². The van der Waals surface area contributed by atoms with Crippen LogP contribution < -0.4 is 5.32 Å². The Morgan fingerprint density at radius 1 is 1.47 bits per heavy atom. The minimum absolute atomic E-state index is 0.112. The van der Waals surface area contributed by atoms with E-state index in [4.69, 9.17) is 4.42 Å². The fourth-order valence-electron chi connectivity index (χ4n) is 2.28. The van der Waals surface area contributed by atoms with Gasteiger partial charge in [-0.15, -0.1) is 0 Å². The Balaban J connectivity index is 2.24. The van der Waals surface area contributed by atoms with E-state index < -0.39 is 0 Å². The van der Waals surface area contributed by atoms with Crippen LogP contribution in [0.2, 0.25) is 0 Å². The lowest BCUT2D eigenvalue weighted by Gasteiger charge is -2.34. The lowest BCUT2D eigenvalue weighted by atomic mass is 9.91. The van der Waals surface area contributed by atoms with Crippen LogP contribution in [0.1, 0.15) is 45.8 Å². The quantitative estimate of drug-likeness (QED) is 0.647. The number of thioether (sulfide) groups is 1. The van der Waals surface area contributed by atoms with Gasteiger partial charge in [-0.1, -0.05) is 20.8 Å². The van der Waals surface area contributed by atoms with Gasteiger partial charge in [0.15, 0.2) is 0 Å². The first kappa shape index (κ1) is 16.6. The van der Waals surface area contributed by atoms with E-state index in [0.29, 0.717) is 6.04 Å². The highest BCUT2D eigenvalue weighted by Gasteiger charge is 2.26. The third-order valence-electron chi connectivity index (χ3n) is 3.34. The average molecular weight is 285 g/mol. The maximum absolute atomic E-state index is 9.65. The van der Waals surface area contributed by atoms with E-state index >= 15 is 0 Å². The van der Waals surface area contributed by atoms with Crippen LogP contribution in [0.3, 0.4) is 0 Å². The van der Waals surface area contributed by atoms with E-state index in [-0.39, 0.29) is 12.1 Å². The highest BCUT2D eigenvalue weighted by atomic mass is 32.2. The summed E-state index contributed by atoms with van der Waals surface area (Å²) in [4.78, 5) is 0. The van der Waals surface area contributed by atoms with Gasteiger partial charge >= 0.3 is 0 Å². The summed E-state index contributed by atoms with van der Waals surface area (Å²) in [7, 11) is 0. The van der Waals surface area contributed by atoms with Crippen LogP contribution in [0.5, 0.6) is 0 Å². The third kappa shape index (κ3) is 6.02. The number of hydrogen-bond donors (Lipinski definition) is 2. The molecule has 0 bridgehead atoms. The maximum atomic E-state index is 9.65. The predicted octanol–water partition coefficient (Wildman–Crippen LogP) is 3.43. The van der Waals surface area contributed by atoms with Crippen LogP contribution in [-0.4, -0.2) is 29.0 Å². The normalized spacial score (nSPS) is 14.8. The van der Waals surface area contributed by atoms with E-state index in [1.54, 1.807) is 6.26 Å². The van der Waals surface area contributed by atoms with Gasteiger partial charge in [-0.05, 0) is 37.1 Å². The Kier molecular flexibility index (Phi) is 7.57. The molecule has 1 rings (SSSR count). The Bertz CT molecular complexity index is 321. The summed E-state index contributed by atoms with van der Waals surface area (Å²) in [6.07, 6.45) is 4.81. The Morgan fingerprint density at radius 3 is 2.79 bits per heavy atom. The summed E-state index contributed by atoms with van der Waals surface area (Å²) in [5.74, 6) is 3.07. The van der Waals surface area contributed by atoms with Gasteiger partial charge in [-0.25, -0.2) is 0 Å². The van der Waals surface area contributed by atoms with Gasteiger partial charge < -0.3 is 14.8 Å². The van der Waals surface area contributed by atoms with Crippen LogP contribution >= 0.6 is 11.8 Å². The molecule has 1 aromatic rings. The molecule has 0 aliphatic rings. The molecular weight excluding hydrogens is 258 g/mol. The predicted molar refractivity (Wildman–Crippen MR) is 82.5 cm³/mol. The van der Waals surface area contributed by atoms with E-state index in [1.165, 1.54) is 0 Å². The first-order chi connectivity index (χ1) is 9.12. The van der Waals surface area contributed by atoms with Crippen molar-refractivity contribution in [3.63, 3.8) is 0 Å². The Labute approximate surface area is 121 Å². The molecule has 0 saturated heterocycles. The van der Waals surface area contributed by atoms with Gasteiger partial charge in [0.2, 0.25) is 0 Å². The Morgan fingerprint density at radius 2 is 2.26 bits per heavy atom. The summed E-state index contributed by atoms with van der Waals surface area (Å²) in [5.41, 5.74) is -0.112. The van der Waals surface area contributed by atoms with E-state index in [9.17, 15) is 5.11 Å². The monoisotopic (exact) mass is 285 g/mol. The second kappa shape index (κ2) is 8.67. The van der Waals surface area contributed by atoms with Crippen LogP contribution in [0.15, 0.2) is 22.8 Å². The minimum Gasteiger partial charge on any atom is -0.468 e. The molecule has 0 radical (unpaired) electrons. The molecule has 1 heterocycles. The van der Waals surface area contributed by atoms with Crippen molar-refractivity contribution in [2.24, 2.45) is 0 Å². The number of aliphatic hydroxyl groups excluding tert-OH is 1. The molecule has 0 aromatic carbocycles. The third-order valence-corrected chi connectivity index (χ3v) is 4.41. The molecule has 0 fully saturated rings. The number of aliphatic hydroxyl groups is 1. The summed E-state index contributed by atoms with van der Waals surface area (Å²) >= 11 is 1.89. The zero-order chi connectivity index (χ0) is 14.1. The van der Waals surface area contributed by atoms with Crippen LogP contribution in [0.4, 0.5) is 0 Å². The van der Waals surface area contributed by atoms with Gasteiger partial charge in [0, 0.05) is 11.6 Å². The molecule has 1 unspecified atom stereocenters. The molecule has 2 N–H and O–H groups in total. The van der Waals surface area contributed by atoms with Gasteiger partial charge in [0.05, 0.1) is 18.6 Å². The smallest absolute Gasteiger partial charge is 0.113 e. The zero-order valence-electron chi connectivity index (χ0n) is 12.3. The number of nitrogens with one attached hydrogen (secondary N) is 1. The fourth-order valence-corrected chi connectivity index (χ4v) is 3.14. The molecule has 1 atom stereocenters. The molecule has 0 aliphatic heterocycles. The number of rotatable bonds is 10. The molecule has 1 aromatic heterocycles. The van der Waals surface area contributed by atoms with Crippen LogP contribution in [0, 0.1) is 0 Å². The van der Waals surface area contributed by atoms with E-state index in [0.717, 1.165) is 36.5 Å². The van der Waals surface area contributed by atoms with Crippen LogP contribution in [0.25, 0.3) is 0 Å². The summed E-state index contributed by atoms with van der Waals surface area (Å²) in [6.45, 7) is 6.61. The van der Waals surface area contributed by atoms with E-state index in [2.05, 4.69) is 26.1 Å². The first-order valence-corrected chi connectivity index (χ1v) is 8.26. The van der Waals surface area contributed by atoms with Gasteiger partial charge in [0.1, 0.15) is 5.76 Å². The molecule has 0 saturated carbocycles. The van der Waals surface area contributed by atoms with Crippen molar-refractivity contribution in [2.75, 3.05) is 12.4 Å². The van der Waals surface area contributed by atoms with Crippen LogP contribution in [-0.2, 0) is 5.75 Å². The summed E-state index contributed by atoms with van der Waals surface area (Å²) in [5, 5.41) is 13.2. The van der Waals surface area contributed by atoms with Gasteiger partial charge in [-0.3, -0.25) is 0 Å². The highest BCUT2D eigenvalue weighted by molar-refractivity contribution is 7.98. The lowest BCUT2D eigenvalue weighted by Crippen LogP contribution is -2.51. The summed E-state index contributed by atoms with van der Waals surface area (Å²) < 4.78 is 5.30. The van der Waals surface area contributed by atoms with Crippen molar-refractivity contribution in [3.8, 4) is 0 Å². The van der Waals surface area contributed by atoms with Crippen molar-refractivity contribution in [3.05, 3.63) is 24.2 Å². The van der Waals surface area contributed by atoms with Crippen molar-refractivity contribution < 1.29 is 9.52 Å². The first-order valence-electron chi connectivity index (χ1n) is 7.10. The molecule has 4 heteroatoms. The zero-order valence-corrected chi connectivity index (χ0v) is 13.1. The lowest BCUT2D eigenvalue weighted by molar-refractivity contribution is 0.137. The summed E-state index contributed by atoms with van der Waals surface area (Å²) in [6, 6.07) is 4.34. The molecule has 3 nitrogen and oxygen atoms in total. The average Bonchev–Trinajstić information content (AvgIpc) is 2.89. The van der Waals surface area contributed by atoms with Crippen molar-refractivity contribution >= 4 is 11.8 Å². The molecule has 0 amide bonds. The molecule has 19 heavy (non-hydrogen) atoms. The molecule has 0 spiro atoms. The molecule has 110 valence electrons. The SMILES string of the molecule is CCC(CO)(CCCSCc1ccco1)NC(C)C. The van der Waals surface area contributed by atoms with Gasteiger partial charge in [-0.2, -0.15) is 11.8 Å². The highest BCUT2D eigenvalue weighted by Crippen LogP contribution is 2.21. The van der Waals surface area contributed by atoms with Crippen molar-refractivity contribution in [2.45, 2.75) is 57.4 Å². The second-order valence-corrected chi connectivity index (χ2v) is 6.43. The maximum Gasteiger partial charge on any atom is 0.113 e. The molecular formula is C15H27NO2S. The minimum atomic E-state index is -0.112. The van der Waals surface area contributed by atoms with Crippen molar-refractivity contribution in [1.82, 2.24) is 5.32 Å². The number of hydrogen-bond acceptors (Lipinski definition) is 4. The topological polar surface area (TPSA) is 45.4 Å². The second-order valence-electron chi connectivity index (χ2n) is 5.33. The Hall–Kier alpha value is -0.450. The van der Waals surface area contributed by atoms with E-state index in [1.807, 2.05) is 23.9 Å². The largest absolute Gasteiger partial charge is 0.468 e.